The Morgan fingerprint density at radius 2 is 1.66 bits per heavy atom. The summed E-state index contributed by atoms with van der Waals surface area (Å²) >= 11 is -0.740. The molecule has 2 unspecified atom stereocenters. The summed E-state index contributed by atoms with van der Waals surface area (Å²) in [6, 6.07) is 18.7. The molecule has 3 aliphatic carbocycles. The van der Waals surface area contributed by atoms with E-state index in [0.717, 1.165) is 0 Å². The number of benzene rings is 2. The van der Waals surface area contributed by atoms with Crippen LogP contribution in [0.15, 0.2) is 69.0 Å². The van der Waals surface area contributed by atoms with Gasteiger partial charge in [0.25, 0.3) is 0 Å². The predicted octanol–water partition coefficient (Wildman–Crippen LogP) is 2.47. The molecule has 3 aliphatic rings. The van der Waals surface area contributed by atoms with E-state index >= 15 is 0 Å². The van der Waals surface area contributed by atoms with Crippen molar-refractivity contribution in [3.63, 3.8) is 0 Å². The van der Waals surface area contributed by atoms with E-state index in [4.69, 9.17) is 0 Å². The zero-order chi connectivity index (χ0) is 20.2. The Balaban J connectivity index is 0.00000122. The molecule has 32 heavy (non-hydrogen) atoms. The molecule has 0 fully saturated rings. The van der Waals surface area contributed by atoms with Gasteiger partial charge in [0.15, 0.2) is 0 Å². The molecule has 162 valence electrons. The van der Waals surface area contributed by atoms with Crippen LogP contribution < -0.4 is 24.8 Å². The van der Waals surface area contributed by atoms with E-state index in [2.05, 4.69) is 74.5 Å². The van der Waals surface area contributed by atoms with Crippen molar-refractivity contribution in [2.24, 2.45) is 0 Å². The summed E-state index contributed by atoms with van der Waals surface area (Å²) in [5.74, 6) is 0. The maximum absolute atomic E-state index is 2.62. The standard InChI is InChI=1S/C21H18P.C7H9.2ClH.Zr/c1-2-8-16-14-17(13-15(16)7-1)22-20-11-5-3-9-18(20)19-10-4-6-12-21(19)22;1-6-4-3-5-7(6)2;;;/h1-3,5,7-9,11,13-14H,4,6,10,12H2;4H,3H2,1-2H3;2*1H;/q;;;;+2/p-2. The number of allylic oxidation sites excluding steroid dienone is 5. The first kappa shape index (κ1) is 24.3. The van der Waals surface area contributed by atoms with Gasteiger partial charge >= 0.3 is 193 Å². The van der Waals surface area contributed by atoms with Gasteiger partial charge in [-0.25, -0.2) is 0 Å². The fourth-order valence-electron chi connectivity index (χ4n) is 5.58. The Kier molecular flexibility index (Phi) is 7.44. The van der Waals surface area contributed by atoms with Crippen LogP contribution in [0.1, 0.15) is 58.7 Å². The smallest absolute Gasteiger partial charge is 1.00 e. The minimum atomic E-state index is -0.740. The van der Waals surface area contributed by atoms with E-state index in [0.29, 0.717) is 3.63 Å². The molecule has 6 rings (SSSR count). The molecule has 0 nitrogen and oxygen atoms in total. The van der Waals surface area contributed by atoms with Crippen LogP contribution in [0, 0.1) is 0 Å². The molecule has 0 radical (unpaired) electrons. The van der Waals surface area contributed by atoms with E-state index in [9.17, 15) is 0 Å². The number of hydrogen-bond donors (Lipinski definition) is 0. The van der Waals surface area contributed by atoms with Gasteiger partial charge in [-0.05, 0) is 0 Å². The minimum absolute atomic E-state index is 0. The first-order chi connectivity index (χ1) is 14.7. The average Bonchev–Trinajstić information content (AvgIpc) is 3.41. The summed E-state index contributed by atoms with van der Waals surface area (Å²) in [5.41, 5.74) is 8.00. The molecule has 4 heteroatoms. The molecule has 0 spiro atoms. The second-order valence-corrected chi connectivity index (χ2v) is 14.8. The SMILES string of the molecule is CC1=CC[C]([Zr+2][CH]2C(p3c4c(c5ccccc53)CCCC4)=Cc3ccccc32)=C1C.[Cl-].[Cl-]. The van der Waals surface area contributed by atoms with Crippen LogP contribution in [-0.4, -0.2) is 0 Å². The Morgan fingerprint density at radius 1 is 0.906 bits per heavy atom. The van der Waals surface area contributed by atoms with Crippen LogP contribution in [0.3, 0.4) is 0 Å². The molecule has 0 amide bonds. The van der Waals surface area contributed by atoms with Crippen molar-refractivity contribution in [3.8, 4) is 0 Å². The Morgan fingerprint density at radius 3 is 2.47 bits per heavy atom. The third-order valence-corrected chi connectivity index (χ3v) is 15.2. The van der Waals surface area contributed by atoms with E-state index in [1.165, 1.54) is 43.2 Å². The van der Waals surface area contributed by atoms with E-state index in [1.54, 1.807) is 32.5 Å². The molecule has 1 heterocycles. The summed E-state index contributed by atoms with van der Waals surface area (Å²) in [7, 11) is -0.307. The molecule has 2 atom stereocenters. The van der Waals surface area contributed by atoms with Crippen LogP contribution >= 0.6 is 7.53 Å². The third-order valence-electron chi connectivity index (χ3n) is 7.32. The molecule has 0 bridgehead atoms. The zero-order valence-electron chi connectivity index (χ0n) is 18.6. The summed E-state index contributed by atoms with van der Waals surface area (Å²) in [4.78, 5) is 0. The largest absolute Gasteiger partial charge is 1.00 e. The van der Waals surface area contributed by atoms with Gasteiger partial charge in [0, 0.05) is 0 Å². The monoisotopic (exact) mass is 554 g/mol. The van der Waals surface area contributed by atoms with Crippen LogP contribution in [0.25, 0.3) is 21.9 Å². The van der Waals surface area contributed by atoms with Gasteiger partial charge in [-0.2, -0.15) is 0 Å². The minimum Gasteiger partial charge on any atom is -1.00 e. The summed E-state index contributed by atoms with van der Waals surface area (Å²) < 4.78 is 2.53. The van der Waals surface area contributed by atoms with Gasteiger partial charge < -0.3 is 24.8 Å². The van der Waals surface area contributed by atoms with Crippen molar-refractivity contribution >= 4 is 29.4 Å². The van der Waals surface area contributed by atoms with Crippen LogP contribution in [-0.2, 0) is 36.1 Å². The van der Waals surface area contributed by atoms with Gasteiger partial charge in [0.1, 0.15) is 0 Å². The van der Waals surface area contributed by atoms with Crippen molar-refractivity contribution in [2.75, 3.05) is 0 Å². The first-order valence-corrected chi connectivity index (χ1v) is 15.3. The quantitative estimate of drug-likeness (QED) is 0.465. The van der Waals surface area contributed by atoms with Crippen LogP contribution in [0.4, 0.5) is 0 Å². The Labute approximate surface area is 216 Å². The molecular formula is C28H27Cl2PZr. The molecular weight excluding hydrogens is 529 g/mol. The predicted molar refractivity (Wildman–Crippen MR) is 128 cm³/mol. The second-order valence-electron chi connectivity index (χ2n) is 8.96. The van der Waals surface area contributed by atoms with Gasteiger partial charge in [-0.3, -0.25) is 0 Å². The molecule has 1 aromatic heterocycles. The van der Waals surface area contributed by atoms with Crippen molar-refractivity contribution < 1.29 is 48.0 Å². The molecule has 3 aromatic rings. The number of hydrogen-bond acceptors (Lipinski definition) is 0. The number of rotatable bonds is 3. The zero-order valence-corrected chi connectivity index (χ0v) is 23.5. The van der Waals surface area contributed by atoms with Crippen molar-refractivity contribution in [1.82, 2.24) is 0 Å². The topological polar surface area (TPSA) is 0 Å². The fourth-order valence-corrected chi connectivity index (χ4v) is 14.0. The Hall–Kier alpha value is -0.837. The van der Waals surface area contributed by atoms with Crippen molar-refractivity contribution in [1.29, 1.82) is 0 Å². The van der Waals surface area contributed by atoms with E-state index < -0.39 is 23.2 Å². The molecule has 0 N–H and O–H groups in total. The van der Waals surface area contributed by atoms with E-state index in [1.807, 2.05) is 8.58 Å². The molecule has 0 saturated heterocycles. The van der Waals surface area contributed by atoms with E-state index in [-0.39, 0.29) is 32.3 Å². The van der Waals surface area contributed by atoms with Gasteiger partial charge in [0.05, 0.1) is 0 Å². The second kappa shape index (κ2) is 9.80. The number of aryl methyl sites for hydroxylation is 1. The maximum Gasteiger partial charge on any atom is -1.00 e. The van der Waals surface area contributed by atoms with Crippen LogP contribution in [0.2, 0.25) is 0 Å². The Bertz CT molecular complexity index is 1280. The summed E-state index contributed by atoms with van der Waals surface area (Å²) in [6.07, 6.45) is 11.7. The molecule has 0 saturated carbocycles. The molecule has 0 aliphatic heterocycles. The number of fused-ring (bicyclic) bond motifs is 4. The third kappa shape index (κ3) is 3.88. The maximum atomic E-state index is 2.62. The average molecular weight is 557 g/mol. The number of halogens is 2. The first-order valence-electron chi connectivity index (χ1n) is 11.3. The molecule has 2 aromatic carbocycles. The van der Waals surface area contributed by atoms with Crippen molar-refractivity contribution in [3.05, 3.63) is 91.0 Å². The van der Waals surface area contributed by atoms with Gasteiger partial charge in [-0.15, -0.1) is 0 Å². The summed E-state index contributed by atoms with van der Waals surface area (Å²) in [6.45, 7) is 4.68. The fraction of sp³-hybridized carbons (Fsp3) is 0.286. The summed E-state index contributed by atoms with van der Waals surface area (Å²) in [5, 5.41) is 6.87. The van der Waals surface area contributed by atoms with Gasteiger partial charge in [0.2, 0.25) is 0 Å². The van der Waals surface area contributed by atoms with Crippen LogP contribution in [0.5, 0.6) is 0 Å². The van der Waals surface area contributed by atoms with Crippen molar-refractivity contribution in [2.45, 2.75) is 49.6 Å². The van der Waals surface area contributed by atoms with Gasteiger partial charge in [-0.1, -0.05) is 0 Å². The normalized spacial score (nSPS) is 19.4.